The van der Waals surface area contributed by atoms with Crippen LogP contribution in [-0.2, 0) is 14.1 Å². The van der Waals surface area contributed by atoms with Crippen LogP contribution in [0.1, 0.15) is 11.5 Å². The highest BCUT2D eigenvalue weighted by Crippen LogP contribution is 1.88. The van der Waals surface area contributed by atoms with Gasteiger partial charge >= 0.3 is 0 Å². The Morgan fingerprint density at radius 3 is 2.00 bits per heavy atom. The summed E-state index contributed by atoms with van der Waals surface area (Å²) in [6, 6.07) is 0. The van der Waals surface area contributed by atoms with Crippen molar-refractivity contribution in [2.75, 3.05) is 0 Å². The topological polar surface area (TPSA) is 101 Å². The molecule has 4 aromatic rings. The van der Waals surface area contributed by atoms with Gasteiger partial charge in [-0.3, -0.25) is 4.68 Å². The molecule has 128 valence electrons. The fourth-order valence-electron chi connectivity index (χ4n) is 1.15. The molecule has 0 fully saturated rings. The van der Waals surface area contributed by atoms with Crippen LogP contribution in [0.3, 0.4) is 0 Å². The number of hydrogen-bond acceptors (Lipinski definition) is 7. The lowest BCUT2D eigenvalue weighted by Gasteiger charge is -1.76. The maximum atomic E-state index is 4.72. The van der Waals surface area contributed by atoms with Crippen molar-refractivity contribution < 1.29 is 8.83 Å². The second kappa shape index (κ2) is 11.4. The lowest BCUT2D eigenvalue weighted by atomic mass is 10.6. The molecule has 0 saturated carbocycles. The number of oxazole rings is 2. The molecular formula is C15H21N7O2. The molecule has 0 radical (unpaired) electrons. The molecule has 0 aliphatic heterocycles. The van der Waals surface area contributed by atoms with Gasteiger partial charge in [0.2, 0.25) is 0 Å². The highest BCUT2D eigenvalue weighted by Gasteiger charge is 1.78. The zero-order valence-electron chi connectivity index (χ0n) is 14.1. The van der Waals surface area contributed by atoms with E-state index in [1.807, 2.05) is 38.7 Å². The van der Waals surface area contributed by atoms with Crippen LogP contribution in [0.5, 0.6) is 0 Å². The Morgan fingerprint density at radius 2 is 1.83 bits per heavy atom. The van der Waals surface area contributed by atoms with E-state index in [1.165, 1.54) is 19.1 Å². The highest BCUT2D eigenvalue weighted by atomic mass is 16.3. The van der Waals surface area contributed by atoms with Gasteiger partial charge in [0.1, 0.15) is 24.7 Å². The van der Waals surface area contributed by atoms with Crippen molar-refractivity contribution in [1.82, 2.24) is 34.3 Å². The Balaban J connectivity index is 0.000000160. The van der Waals surface area contributed by atoms with Crippen molar-refractivity contribution >= 4 is 0 Å². The molecule has 0 aliphatic carbocycles. The fourth-order valence-corrected chi connectivity index (χ4v) is 1.15. The van der Waals surface area contributed by atoms with E-state index in [0.29, 0.717) is 0 Å². The molecule has 4 rings (SSSR count). The molecule has 0 N–H and O–H groups in total. The van der Waals surface area contributed by atoms with Crippen molar-refractivity contribution in [2.24, 2.45) is 14.1 Å². The second-order valence-corrected chi connectivity index (χ2v) is 4.54. The van der Waals surface area contributed by atoms with Gasteiger partial charge in [-0.15, -0.1) is 0 Å². The summed E-state index contributed by atoms with van der Waals surface area (Å²) in [4.78, 5) is 14.9. The third kappa shape index (κ3) is 9.66. The van der Waals surface area contributed by atoms with E-state index < -0.39 is 0 Å². The molecule has 0 amide bonds. The minimum absolute atomic E-state index is 0.856. The first-order chi connectivity index (χ1) is 11.6. The lowest BCUT2D eigenvalue weighted by Crippen LogP contribution is -1.83. The van der Waals surface area contributed by atoms with Gasteiger partial charge in [0.25, 0.3) is 0 Å². The molecule has 0 aliphatic rings. The van der Waals surface area contributed by atoms with Crippen LogP contribution in [0.15, 0.2) is 65.5 Å². The Bertz CT molecular complexity index is 573. The summed E-state index contributed by atoms with van der Waals surface area (Å²) in [6.45, 7) is 3.73. The van der Waals surface area contributed by atoms with Crippen LogP contribution >= 0.6 is 0 Å². The van der Waals surface area contributed by atoms with Crippen LogP contribution in [-0.4, -0.2) is 34.3 Å². The molecule has 0 unspecified atom stereocenters. The first-order valence-electron chi connectivity index (χ1n) is 6.98. The molecule has 9 heteroatoms. The average molecular weight is 331 g/mol. The number of hydrogen-bond donors (Lipinski definition) is 0. The quantitative estimate of drug-likeness (QED) is 0.487. The van der Waals surface area contributed by atoms with Gasteiger partial charge in [-0.25, -0.2) is 19.9 Å². The summed E-state index contributed by atoms with van der Waals surface area (Å²) >= 11 is 0. The zero-order valence-corrected chi connectivity index (χ0v) is 14.1. The third-order valence-electron chi connectivity index (χ3n) is 2.28. The van der Waals surface area contributed by atoms with Crippen LogP contribution in [0, 0.1) is 13.8 Å². The summed E-state index contributed by atoms with van der Waals surface area (Å²) < 4.78 is 12.9. The van der Waals surface area contributed by atoms with Gasteiger partial charge in [0.15, 0.2) is 12.8 Å². The summed E-state index contributed by atoms with van der Waals surface area (Å²) in [7, 11) is 3.76. The predicted molar refractivity (Wildman–Crippen MR) is 86.7 cm³/mol. The number of aromatic nitrogens is 7. The van der Waals surface area contributed by atoms with E-state index in [-0.39, 0.29) is 0 Å². The van der Waals surface area contributed by atoms with Gasteiger partial charge in [0, 0.05) is 26.5 Å². The predicted octanol–water partition coefficient (Wildman–Crippen LogP) is 2.20. The molecule has 0 spiro atoms. The number of aryl methyl sites for hydroxylation is 4. The van der Waals surface area contributed by atoms with Crippen molar-refractivity contribution in [3.63, 3.8) is 0 Å². The first-order valence-corrected chi connectivity index (χ1v) is 6.98. The monoisotopic (exact) mass is 331 g/mol. The molecule has 0 atom stereocenters. The first kappa shape index (κ1) is 18.8. The number of imidazole rings is 1. The standard InChI is InChI=1S/C4H6N2.2C4H5NO.C3H5N3/c1-6-3-2-5-4-6;1-4-2-6-3-5-4;1-4-2-5-3-6-4;1-6-3-4-2-5-6/h2-4H,1H3;3*2-3H,1H3. The SMILES string of the molecule is Cc1cnco1.Cc1cocn1.Cn1ccnc1.Cn1cncn1. The van der Waals surface area contributed by atoms with E-state index in [0.717, 1.165) is 11.5 Å². The Kier molecular flexibility index (Phi) is 8.90. The highest BCUT2D eigenvalue weighted by molar-refractivity contribution is 4.83. The van der Waals surface area contributed by atoms with Gasteiger partial charge in [-0.1, -0.05) is 0 Å². The summed E-state index contributed by atoms with van der Waals surface area (Å²) in [5.41, 5.74) is 0.926. The van der Waals surface area contributed by atoms with Crippen LogP contribution < -0.4 is 0 Å². The van der Waals surface area contributed by atoms with Crippen molar-refractivity contribution in [2.45, 2.75) is 13.8 Å². The van der Waals surface area contributed by atoms with Crippen LogP contribution in [0.25, 0.3) is 0 Å². The summed E-state index contributed by atoms with van der Waals surface area (Å²) in [5.74, 6) is 0.856. The van der Waals surface area contributed by atoms with Crippen molar-refractivity contribution in [3.8, 4) is 0 Å². The van der Waals surface area contributed by atoms with Crippen molar-refractivity contribution in [1.29, 1.82) is 0 Å². The normalized spacial score (nSPS) is 8.83. The van der Waals surface area contributed by atoms with Gasteiger partial charge < -0.3 is 13.4 Å². The zero-order chi connectivity index (χ0) is 17.6. The van der Waals surface area contributed by atoms with Gasteiger partial charge in [-0.05, 0) is 13.8 Å². The average Bonchev–Trinajstić information content (AvgIpc) is 3.31. The maximum Gasteiger partial charge on any atom is 0.180 e. The molecule has 24 heavy (non-hydrogen) atoms. The molecule has 9 nitrogen and oxygen atoms in total. The van der Waals surface area contributed by atoms with Gasteiger partial charge in [-0.2, -0.15) is 5.10 Å². The molecule has 0 saturated heterocycles. The van der Waals surface area contributed by atoms with Crippen molar-refractivity contribution in [3.05, 3.63) is 68.1 Å². The number of nitrogens with zero attached hydrogens (tertiary/aromatic N) is 7. The summed E-state index contributed by atoms with van der Waals surface area (Å²) in [5, 5.41) is 3.72. The minimum atomic E-state index is 0.856. The smallest absolute Gasteiger partial charge is 0.180 e. The third-order valence-corrected chi connectivity index (χ3v) is 2.28. The van der Waals surface area contributed by atoms with Crippen LogP contribution in [0.4, 0.5) is 0 Å². The Labute approximate surface area is 140 Å². The second-order valence-electron chi connectivity index (χ2n) is 4.54. The molecule has 4 heterocycles. The van der Waals surface area contributed by atoms with E-state index >= 15 is 0 Å². The van der Waals surface area contributed by atoms with E-state index in [1.54, 1.807) is 36.0 Å². The molecule has 0 bridgehead atoms. The molecular weight excluding hydrogens is 310 g/mol. The summed E-state index contributed by atoms with van der Waals surface area (Å²) in [6.07, 6.45) is 14.6. The van der Waals surface area contributed by atoms with E-state index in [4.69, 9.17) is 4.42 Å². The van der Waals surface area contributed by atoms with Gasteiger partial charge in [0.05, 0.1) is 18.2 Å². The molecule has 4 aromatic heterocycles. The lowest BCUT2D eigenvalue weighted by molar-refractivity contribution is 0.527. The maximum absolute atomic E-state index is 4.72. The Morgan fingerprint density at radius 1 is 1.00 bits per heavy atom. The largest absolute Gasteiger partial charge is 0.452 e. The van der Waals surface area contributed by atoms with Crippen LogP contribution in [0.2, 0.25) is 0 Å². The van der Waals surface area contributed by atoms with E-state index in [9.17, 15) is 0 Å². The Hall–Kier alpha value is -3.23. The minimum Gasteiger partial charge on any atom is -0.452 e. The van der Waals surface area contributed by atoms with E-state index in [2.05, 4.69) is 29.5 Å². The number of rotatable bonds is 0. The molecule has 0 aromatic carbocycles. The fraction of sp³-hybridized carbons (Fsp3) is 0.267.